The van der Waals surface area contributed by atoms with E-state index in [9.17, 15) is 5.21 Å². The van der Waals surface area contributed by atoms with Crippen molar-refractivity contribution >= 4 is 17.4 Å². The van der Waals surface area contributed by atoms with E-state index in [0.717, 1.165) is 15.6 Å². The van der Waals surface area contributed by atoms with Gasteiger partial charge in [-0.3, -0.25) is 0 Å². The molecule has 0 radical (unpaired) electrons. The molecule has 1 aromatic rings. The standard InChI is InChI=1S/C8H8NOS/c1-6-9(10)7-4-2-3-5-8(7)11-6/h2-6H,1H3/q-1. The number of thioether (sulfide) groups is 1. The van der Waals surface area contributed by atoms with Gasteiger partial charge in [0.1, 0.15) is 0 Å². The minimum absolute atomic E-state index is 0.0346. The number of nitrogens with zero attached hydrogens (tertiary/aromatic N) is 1. The summed E-state index contributed by atoms with van der Waals surface area (Å²) in [5.74, 6) is 0. The van der Waals surface area contributed by atoms with E-state index in [0.29, 0.717) is 0 Å². The van der Waals surface area contributed by atoms with Crippen LogP contribution in [-0.2, 0) is 0 Å². The van der Waals surface area contributed by atoms with Gasteiger partial charge >= 0.3 is 0 Å². The predicted molar refractivity (Wildman–Crippen MR) is 47.6 cm³/mol. The Kier molecular flexibility index (Phi) is 1.55. The van der Waals surface area contributed by atoms with Crippen LogP contribution >= 0.6 is 11.8 Å². The summed E-state index contributed by atoms with van der Waals surface area (Å²) >= 11 is 1.61. The second kappa shape index (κ2) is 2.43. The summed E-state index contributed by atoms with van der Waals surface area (Å²) in [6.07, 6.45) is 0. The van der Waals surface area contributed by atoms with Crippen molar-refractivity contribution in [2.45, 2.75) is 17.2 Å². The Morgan fingerprint density at radius 2 is 2.18 bits per heavy atom. The number of anilines is 1. The minimum atomic E-state index is 0.0346. The van der Waals surface area contributed by atoms with Gasteiger partial charge in [0.05, 0.1) is 5.37 Å². The second-order valence-corrected chi connectivity index (χ2v) is 3.87. The Morgan fingerprint density at radius 1 is 1.45 bits per heavy atom. The molecule has 1 heterocycles. The van der Waals surface area contributed by atoms with E-state index in [4.69, 9.17) is 0 Å². The third kappa shape index (κ3) is 1.01. The van der Waals surface area contributed by atoms with Gasteiger partial charge in [0, 0.05) is 10.6 Å². The average molecular weight is 166 g/mol. The van der Waals surface area contributed by atoms with Gasteiger partial charge in [-0.05, 0) is 19.1 Å². The van der Waals surface area contributed by atoms with Crippen molar-refractivity contribution in [1.82, 2.24) is 0 Å². The molecule has 58 valence electrons. The molecule has 3 heteroatoms. The number of rotatable bonds is 0. The van der Waals surface area contributed by atoms with Crippen LogP contribution in [0.3, 0.4) is 0 Å². The van der Waals surface area contributed by atoms with Gasteiger partial charge in [0.15, 0.2) is 0 Å². The van der Waals surface area contributed by atoms with E-state index in [2.05, 4.69) is 0 Å². The molecule has 0 aromatic heterocycles. The van der Waals surface area contributed by atoms with Gasteiger partial charge in [0.25, 0.3) is 0 Å². The van der Waals surface area contributed by atoms with Crippen molar-refractivity contribution in [1.29, 1.82) is 0 Å². The molecule has 0 N–H and O–H groups in total. The highest BCUT2D eigenvalue weighted by Crippen LogP contribution is 2.41. The zero-order valence-corrected chi connectivity index (χ0v) is 6.97. The lowest BCUT2D eigenvalue weighted by Crippen LogP contribution is -2.18. The molecule has 11 heavy (non-hydrogen) atoms. The molecular formula is C8H8NOS-. The van der Waals surface area contributed by atoms with Crippen molar-refractivity contribution in [3.63, 3.8) is 0 Å². The molecule has 1 unspecified atom stereocenters. The van der Waals surface area contributed by atoms with E-state index < -0.39 is 0 Å². The maximum Gasteiger partial charge on any atom is 0.0664 e. The molecule has 1 aliphatic rings. The number of hydrogen-bond acceptors (Lipinski definition) is 3. The van der Waals surface area contributed by atoms with Crippen LogP contribution in [0.25, 0.3) is 0 Å². The highest BCUT2D eigenvalue weighted by Gasteiger charge is 2.18. The van der Waals surface area contributed by atoms with Gasteiger partial charge < -0.3 is 10.3 Å². The van der Waals surface area contributed by atoms with E-state index in [-0.39, 0.29) is 5.37 Å². The molecule has 1 aliphatic heterocycles. The van der Waals surface area contributed by atoms with Crippen molar-refractivity contribution in [3.8, 4) is 0 Å². The van der Waals surface area contributed by atoms with Gasteiger partial charge in [-0.2, -0.15) is 0 Å². The second-order valence-electron chi connectivity index (χ2n) is 2.51. The van der Waals surface area contributed by atoms with E-state index >= 15 is 0 Å². The van der Waals surface area contributed by atoms with Crippen LogP contribution in [0, 0.1) is 5.21 Å². The topological polar surface area (TPSA) is 26.3 Å². The largest absolute Gasteiger partial charge is 0.757 e. The zero-order valence-electron chi connectivity index (χ0n) is 6.15. The lowest BCUT2D eigenvalue weighted by Gasteiger charge is -2.29. The van der Waals surface area contributed by atoms with Gasteiger partial charge in [-0.25, -0.2) is 0 Å². The quantitative estimate of drug-likeness (QED) is 0.592. The summed E-state index contributed by atoms with van der Waals surface area (Å²) in [7, 11) is 0. The molecule has 0 saturated carbocycles. The average Bonchev–Trinajstić information content (AvgIpc) is 2.30. The van der Waals surface area contributed by atoms with Gasteiger partial charge in [0.2, 0.25) is 0 Å². The first kappa shape index (κ1) is 7.00. The molecular weight excluding hydrogens is 158 g/mol. The molecule has 1 aromatic carbocycles. The molecule has 2 rings (SSSR count). The molecule has 0 fully saturated rings. The molecule has 0 spiro atoms. The summed E-state index contributed by atoms with van der Waals surface area (Å²) < 4.78 is 0. The molecule has 1 atom stereocenters. The van der Waals surface area contributed by atoms with Crippen molar-refractivity contribution in [2.75, 3.05) is 5.06 Å². The smallest absolute Gasteiger partial charge is 0.0664 e. The summed E-state index contributed by atoms with van der Waals surface area (Å²) in [6.45, 7) is 1.91. The Hall–Kier alpha value is -0.670. The number of hydrogen-bond donors (Lipinski definition) is 0. The summed E-state index contributed by atoms with van der Waals surface area (Å²) in [5, 5.41) is 12.4. The van der Waals surface area contributed by atoms with Crippen LogP contribution in [0.15, 0.2) is 29.2 Å². The monoisotopic (exact) mass is 166 g/mol. The molecule has 0 aliphatic carbocycles. The summed E-state index contributed by atoms with van der Waals surface area (Å²) in [6, 6.07) is 7.69. The molecule has 0 amide bonds. The number of hydroxylamine groups is 1. The third-order valence-corrected chi connectivity index (χ3v) is 2.86. The van der Waals surface area contributed by atoms with Crippen LogP contribution in [0.4, 0.5) is 5.69 Å². The Bertz CT molecular complexity index is 277. The van der Waals surface area contributed by atoms with Crippen molar-refractivity contribution in [3.05, 3.63) is 29.5 Å². The van der Waals surface area contributed by atoms with Crippen molar-refractivity contribution in [2.24, 2.45) is 0 Å². The fraction of sp³-hybridized carbons (Fsp3) is 0.250. The predicted octanol–water partition coefficient (Wildman–Crippen LogP) is 2.44. The van der Waals surface area contributed by atoms with Crippen LogP contribution in [0.2, 0.25) is 0 Å². The number of fused-ring (bicyclic) bond motifs is 1. The molecule has 2 nitrogen and oxygen atoms in total. The van der Waals surface area contributed by atoms with E-state index in [1.165, 1.54) is 0 Å². The van der Waals surface area contributed by atoms with Gasteiger partial charge in [-0.1, -0.05) is 12.1 Å². The van der Waals surface area contributed by atoms with E-state index in [1.807, 2.05) is 31.2 Å². The van der Waals surface area contributed by atoms with Crippen LogP contribution in [0.1, 0.15) is 6.92 Å². The maximum atomic E-state index is 11.3. The van der Waals surface area contributed by atoms with Crippen LogP contribution < -0.4 is 5.06 Å². The third-order valence-electron chi connectivity index (χ3n) is 1.73. The zero-order chi connectivity index (χ0) is 7.84. The first-order valence-corrected chi connectivity index (χ1v) is 4.39. The lowest BCUT2D eigenvalue weighted by atomic mass is 10.3. The Labute approximate surface area is 69.8 Å². The first-order valence-electron chi connectivity index (χ1n) is 3.51. The number of para-hydroxylation sites is 1. The highest BCUT2D eigenvalue weighted by atomic mass is 32.2. The minimum Gasteiger partial charge on any atom is -0.757 e. The molecule has 0 saturated heterocycles. The Morgan fingerprint density at radius 3 is 2.91 bits per heavy atom. The fourth-order valence-corrected chi connectivity index (χ4v) is 2.18. The Balaban J connectivity index is 2.47. The highest BCUT2D eigenvalue weighted by molar-refractivity contribution is 8.00. The SMILES string of the molecule is CC1Sc2ccccc2N1[O-]. The van der Waals surface area contributed by atoms with Crippen LogP contribution in [0.5, 0.6) is 0 Å². The lowest BCUT2D eigenvalue weighted by molar-refractivity contribution is 0.973. The summed E-state index contributed by atoms with van der Waals surface area (Å²) in [4.78, 5) is 1.09. The maximum absolute atomic E-state index is 11.3. The normalized spacial score (nSPS) is 22.0. The molecule has 0 bridgehead atoms. The first-order chi connectivity index (χ1) is 5.29. The van der Waals surface area contributed by atoms with E-state index in [1.54, 1.807) is 11.8 Å². The number of benzene rings is 1. The van der Waals surface area contributed by atoms with Crippen LogP contribution in [-0.4, -0.2) is 5.37 Å². The van der Waals surface area contributed by atoms with Gasteiger partial charge in [-0.15, -0.1) is 11.8 Å². The summed E-state index contributed by atoms with van der Waals surface area (Å²) in [5.41, 5.74) is 0.810. The van der Waals surface area contributed by atoms with Crippen molar-refractivity contribution < 1.29 is 0 Å². The fourth-order valence-electron chi connectivity index (χ4n) is 1.17.